The highest BCUT2D eigenvalue weighted by atomic mass is 35.5. The van der Waals surface area contributed by atoms with Gasteiger partial charge in [0.25, 0.3) is 0 Å². The van der Waals surface area contributed by atoms with Crippen LogP contribution in [0.25, 0.3) is 11.5 Å². The molecule has 128 valence electrons. The van der Waals surface area contributed by atoms with E-state index in [-0.39, 0.29) is 5.41 Å². The van der Waals surface area contributed by atoms with E-state index in [1.807, 2.05) is 30.3 Å². The highest BCUT2D eigenvalue weighted by Gasteiger charge is 2.60. The zero-order valence-corrected chi connectivity index (χ0v) is 15.9. The highest BCUT2D eigenvalue weighted by Crippen LogP contribution is 2.70. The normalized spacial score (nSPS) is 21.3. The van der Waals surface area contributed by atoms with Gasteiger partial charge in [0, 0.05) is 27.9 Å². The van der Waals surface area contributed by atoms with Gasteiger partial charge in [0.1, 0.15) is 5.69 Å². The molecule has 0 unspecified atom stereocenters. The van der Waals surface area contributed by atoms with E-state index in [9.17, 15) is 0 Å². The number of aromatic amines is 1. The molecule has 0 aliphatic heterocycles. The number of nitrogens with zero attached hydrogens (tertiary/aromatic N) is 2. The van der Waals surface area contributed by atoms with Gasteiger partial charge in [0.05, 0.1) is 5.69 Å². The van der Waals surface area contributed by atoms with Crippen LogP contribution in [0.15, 0.2) is 42.6 Å². The van der Waals surface area contributed by atoms with Crippen LogP contribution in [0.3, 0.4) is 0 Å². The van der Waals surface area contributed by atoms with Crippen LogP contribution in [-0.4, -0.2) is 15.0 Å². The number of aromatic nitrogens is 3. The van der Waals surface area contributed by atoms with E-state index in [1.165, 1.54) is 11.3 Å². The summed E-state index contributed by atoms with van der Waals surface area (Å²) in [7, 11) is 0. The van der Waals surface area contributed by atoms with Gasteiger partial charge in [-0.1, -0.05) is 43.1 Å². The van der Waals surface area contributed by atoms with Crippen molar-refractivity contribution in [1.82, 2.24) is 15.0 Å². The van der Waals surface area contributed by atoms with Crippen LogP contribution in [0.4, 0.5) is 0 Å². The number of aryl methyl sites for hydroxylation is 1. The predicted octanol–water partition coefficient (Wildman–Crippen LogP) is 5.99. The fourth-order valence-corrected chi connectivity index (χ4v) is 4.50. The second-order valence-electron chi connectivity index (χ2n) is 7.28. The van der Waals surface area contributed by atoms with Crippen LogP contribution in [0.5, 0.6) is 0 Å². The summed E-state index contributed by atoms with van der Waals surface area (Å²) in [6, 6.07) is 11.7. The summed E-state index contributed by atoms with van der Waals surface area (Å²) in [6.45, 7) is 6.60. The Morgan fingerprint density at radius 3 is 2.40 bits per heavy atom. The zero-order valence-electron chi connectivity index (χ0n) is 14.3. The van der Waals surface area contributed by atoms with E-state index in [0.29, 0.717) is 21.9 Å². The van der Waals surface area contributed by atoms with Gasteiger partial charge in [-0.3, -0.25) is 4.98 Å². The third kappa shape index (κ3) is 2.86. The summed E-state index contributed by atoms with van der Waals surface area (Å²) in [5, 5.41) is 1.36. The Hall–Kier alpha value is -1.84. The molecule has 4 rings (SSSR count). The molecule has 3 aromatic rings. The Morgan fingerprint density at radius 1 is 1.04 bits per heavy atom. The SMILES string of the molecule is Cc1nc(-c2ccccn2)[nH]c1[C@@H]1[C@@H](c2cc(Cl)cc(Cl)c2)C1(C)C. The minimum atomic E-state index is 0.118. The van der Waals surface area contributed by atoms with Crippen LogP contribution in [-0.2, 0) is 0 Å². The monoisotopic (exact) mass is 371 g/mol. The number of rotatable bonds is 3. The topological polar surface area (TPSA) is 41.6 Å². The third-order valence-corrected chi connectivity index (χ3v) is 5.65. The van der Waals surface area contributed by atoms with Crippen LogP contribution in [0.2, 0.25) is 10.0 Å². The number of nitrogens with one attached hydrogen (secondary N) is 1. The molecule has 1 N–H and O–H groups in total. The lowest BCUT2D eigenvalue weighted by Gasteiger charge is -2.04. The molecular formula is C20H19Cl2N3. The first-order valence-electron chi connectivity index (χ1n) is 8.32. The molecule has 2 aromatic heterocycles. The average molecular weight is 372 g/mol. The molecule has 2 heterocycles. The van der Waals surface area contributed by atoms with Gasteiger partial charge in [0.15, 0.2) is 5.82 Å². The van der Waals surface area contributed by atoms with E-state index in [4.69, 9.17) is 28.2 Å². The van der Waals surface area contributed by atoms with Gasteiger partial charge in [-0.25, -0.2) is 4.98 Å². The maximum Gasteiger partial charge on any atom is 0.156 e. The molecule has 1 aliphatic rings. The van der Waals surface area contributed by atoms with Crippen molar-refractivity contribution in [2.24, 2.45) is 5.41 Å². The van der Waals surface area contributed by atoms with Gasteiger partial charge >= 0.3 is 0 Å². The van der Waals surface area contributed by atoms with Crippen molar-refractivity contribution < 1.29 is 0 Å². The molecule has 0 radical (unpaired) electrons. The summed E-state index contributed by atoms with van der Waals surface area (Å²) < 4.78 is 0. The van der Waals surface area contributed by atoms with Crippen molar-refractivity contribution >= 4 is 23.2 Å². The zero-order chi connectivity index (χ0) is 17.8. The van der Waals surface area contributed by atoms with Crippen molar-refractivity contribution in [2.45, 2.75) is 32.6 Å². The van der Waals surface area contributed by atoms with Crippen molar-refractivity contribution in [1.29, 1.82) is 0 Å². The number of imidazole rings is 1. The number of benzene rings is 1. The van der Waals surface area contributed by atoms with Crippen molar-refractivity contribution in [3.63, 3.8) is 0 Å². The largest absolute Gasteiger partial charge is 0.340 e. The first-order chi connectivity index (χ1) is 11.9. The molecule has 2 atom stereocenters. The van der Waals surface area contributed by atoms with Gasteiger partial charge in [-0.05, 0) is 54.2 Å². The summed E-state index contributed by atoms with van der Waals surface area (Å²) in [5.74, 6) is 1.53. The lowest BCUT2D eigenvalue weighted by Crippen LogP contribution is -1.92. The van der Waals surface area contributed by atoms with Crippen LogP contribution in [0.1, 0.15) is 42.6 Å². The van der Waals surface area contributed by atoms with Gasteiger partial charge in [0.2, 0.25) is 0 Å². The number of hydrogen-bond acceptors (Lipinski definition) is 2. The summed E-state index contributed by atoms with van der Waals surface area (Å²) >= 11 is 12.4. The van der Waals surface area contributed by atoms with E-state index >= 15 is 0 Å². The summed E-state index contributed by atoms with van der Waals surface area (Å²) in [5.41, 5.74) is 4.35. The molecule has 0 spiro atoms. The van der Waals surface area contributed by atoms with Gasteiger partial charge in [-0.2, -0.15) is 0 Å². The van der Waals surface area contributed by atoms with Crippen molar-refractivity contribution in [3.8, 4) is 11.5 Å². The standard InChI is InChI=1S/C20H19Cl2N3/c1-11-18(25-19(24-11)15-6-4-5-7-23-15)17-16(20(17,2)3)12-8-13(21)10-14(22)9-12/h4-10,16-17H,1-3H3,(H,24,25)/t16-,17+/m1/s1. The molecule has 0 saturated heterocycles. The number of H-pyrrole nitrogens is 1. The van der Waals surface area contributed by atoms with Crippen LogP contribution >= 0.6 is 23.2 Å². The van der Waals surface area contributed by atoms with Gasteiger partial charge in [-0.15, -0.1) is 0 Å². The maximum absolute atomic E-state index is 6.21. The Morgan fingerprint density at radius 2 is 1.76 bits per heavy atom. The smallest absolute Gasteiger partial charge is 0.156 e. The number of halogens is 2. The second kappa shape index (κ2) is 5.86. The first-order valence-corrected chi connectivity index (χ1v) is 9.07. The summed E-state index contributed by atoms with van der Waals surface area (Å²) in [4.78, 5) is 12.6. The van der Waals surface area contributed by atoms with Crippen LogP contribution in [0, 0.1) is 12.3 Å². The van der Waals surface area contributed by atoms with Gasteiger partial charge < -0.3 is 4.98 Å². The van der Waals surface area contributed by atoms with E-state index < -0.39 is 0 Å². The minimum absolute atomic E-state index is 0.118. The molecule has 0 amide bonds. The fourth-order valence-electron chi connectivity index (χ4n) is 3.95. The second-order valence-corrected chi connectivity index (χ2v) is 8.15. The molecule has 25 heavy (non-hydrogen) atoms. The average Bonchev–Trinajstić information content (AvgIpc) is 2.92. The molecule has 1 aliphatic carbocycles. The highest BCUT2D eigenvalue weighted by molar-refractivity contribution is 6.34. The van der Waals surface area contributed by atoms with E-state index in [0.717, 1.165) is 17.2 Å². The predicted molar refractivity (Wildman–Crippen MR) is 102 cm³/mol. The summed E-state index contributed by atoms with van der Waals surface area (Å²) in [6.07, 6.45) is 1.78. The lowest BCUT2D eigenvalue weighted by molar-refractivity contribution is 0.597. The molecule has 1 aromatic carbocycles. The molecular weight excluding hydrogens is 353 g/mol. The number of hydrogen-bond donors (Lipinski definition) is 1. The Balaban J connectivity index is 1.72. The molecule has 0 bridgehead atoms. The molecule has 1 saturated carbocycles. The third-order valence-electron chi connectivity index (χ3n) is 5.21. The minimum Gasteiger partial charge on any atom is -0.340 e. The molecule has 5 heteroatoms. The van der Waals surface area contributed by atoms with Crippen molar-refractivity contribution in [3.05, 3.63) is 69.6 Å². The Bertz CT molecular complexity index is 911. The number of pyridine rings is 1. The Labute approximate surface area is 157 Å². The lowest BCUT2D eigenvalue weighted by atomic mass is 10.0. The molecule has 3 nitrogen and oxygen atoms in total. The fraction of sp³-hybridized carbons (Fsp3) is 0.300. The molecule has 1 fully saturated rings. The van der Waals surface area contributed by atoms with E-state index in [1.54, 1.807) is 12.3 Å². The van der Waals surface area contributed by atoms with Crippen molar-refractivity contribution in [2.75, 3.05) is 0 Å². The van der Waals surface area contributed by atoms with Crippen LogP contribution < -0.4 is 0 Å². The van der Waals surface area contributed by atoms with E-state index in [2.05, 4.69) is 30.7 Å². The first kappa shape index (κ1) is 16.6. The maximum atomic E-state index is 6.21. The quantitative estimate of drug-likeness (QED) is 0.613. The Kier molecular flexibility index (Phi) is 3.89.